The van der Waals surface area contributed by atoms with E-state index in [2.05, 4.69) is 5.32 Å². The Kier molecular flexibility index (Phi) is 5.39. The summed E-state index contributed by atoms with van der Waals surface area (Å²) in [7, 11) is 0. The molecule has 27 heavy (non-hydrogen) atoms. The van der Waals surface area contributed by atoms with Crippen LogP contribution >= 0.6 is 11.6 Å². The SMILES string of the molecule is Cc1ccccc1NC(=O)/C(C#N)=C\c1ccc(-c2ccc(F)c(Cl)c2)o1. The topological polar surface area (TPSA) is 66.0 Å². The van der Waals surface area contributed by atoms with E-state index in [1.165, 1.54) is 24.3 Å². The standard InChI is InChI=1S/C21H14ClFN2O2/c1-13-4-2-3-5-19(13)25-21(26)15(12-24)10-16-7-9-20(27-16)14-6-8-18(23)17(22)11-14/h2-11H,1H3,(H,25,26)/b15-10-. The number of hydrogen-bond acceptors (Lipinski definition) is 3. The maximum absolute atomic E-state index is 13.3. The maximum atomic E-state index is 13.3. The van der Waals surface area contributed by atoms with Gasteiger partial charge in [0, 0.05) is 17.3 Å². The number of nitrogens with one attached hydrogen (secondary N) is 1. The van der Waals surface area contributed by atoms with Crippen molar-refractivity contribution in [3.63, 3.8) is 0 Å². The van der Waals surface area contributed by atoms with Gasteiger partial charge in [0.15, 0.2) is 0 Å². The molecule has 0 radical (unpaired) electrons. The Morgan fingerprint density at radius 3 is 2.70 bits per heavy atom. The summed E-state index contributed by atoms with van der Waals surface area (Å²) in [6.45, 7) is 1.86. The number of rotatable bonds is 4. The lowest BCUT2D eigenvalue weighted by Crippen LogP contribution is -2.14. The van der Waals surface area contributed by atoms with Crippen molar-refractivity contribution < 1.29 is 13.6 Å². The highest BCUT2D eigenvalue weighted by atomic mass is 35.5. The van der Waals surface area contributed by atoms with E-state index < -0.39 is 11.7 Å². The predicted octanol–water partition coefficient (Wildman–Crippen LogP) is 5.59. The fourth-order valence-electron chi connectivity index (χ4n) is 2.43. The van der Waals surface area contributed by atoms with Crippen LogP contribution < -0.4 is 5.32 Å². The molecule has 0 bridgehead atoms. The van der Waals surface area contributed by atoms with E-state index >= 15 is 0 Å². The fourth-order valence-corrected chi connectivity index (χ4v) is 2.61. The molecule has 134 valence electrons. The Labute approximate surface area is 160 Å². The zero-order chi connectivity index (χ0) is 19.4. The van der Waals surface area contributed by atoms with Gasteiger partial charge in [0.05, 0.1) is 5.02 Å². The van der Waals surface area contributed by atoms with Crippen molar-refractivity contribution >= 4 is 29.3 Å². The first-order chi connectivity index (χ1) is 13.0. The van der Waals surface area contributed by atoms with Crippen molar-refractivity contribution in [3.05, 3.63) is 82.3 Å². The molecular formula is C21H14ClFN2O2. The number of para-hydroxylation sites is 1. The molecule has 0 aliphatic rings. The Morgan fingerprint density at radius 1 is 1.22 bits per heavy atom. The Bertz CT molecular complexity index is 1080. The zero-order valence-corrected chi connectivity index (χ0v) is 15.0. The number of carbonyl (C=O) groups is 1. The van der Waals surface area contributed by atoms with Crippen LogP contribution in [0.4, 0.5) is 10.1 Å². The highest BCUT2D eigenvalue weighted by molar-refractivity contribution is 6.31. The molecule has 0 atom stereocenters. The minimum absolute atomic E-state index is 0.0173. The van der Waals surface area contributed by atoms with Crippen LogP contribution in [0.5, 0.6) is 0 Å². The molecule has 3 aromatic rings. The Morgan fingerprint density at radius 2 is 2.00 bits per heavy atom. The van der Waals surface area contributed by atoms with Crippen LogP contribution in [0.25, 0.3) is 17.4 Å². The molecule has 1 heterocycles. The lowest BCUT2D eigenvalue weighted by molar-refractivity contribution is -0.112. The van der Waals surface area contributed by atoms with Crippen molar-refractivity contribution in [1.29, 1.82) is 5.26 Å². The highest BCUT2D eigenvalue weighted by Crippen LogP contribution is 2.27. The van der Waals surface area contributed by atoms with Gasteiger partial charge in [-0.25, -0.2) is 4.39 Å². The van der Waals surface area contributed by atoms with Crippen molar-refractivity contribution in [2.24, 2.45) is 0 Å². The molecular weight excluding hydrogens is 367 g/mol. The monoisotopic (exact) mass is 380 g/mol. The third kappa shape index (κ3) is 4.25. The van der Waals surface area contributed by atoms with Gasteiger partial charge in [-0.15, -0.1) is 0 Å². The molecule has 2 aromatic carbocycles. The van der Waals surface area contributed by atoms with E-state index in [0.29, 0.717) is 22.8 Å². The smallest absolute Gasteiger partial charge is 0.266 e. The number of carbonyl (C=O) groups excluding carboxylic acids is 1. The molecule has 6 heteroatoms. The molecule has 1 aromatic heterocycles. The van der Waals surface area contributed by atoms with Gasteiger partial charge in [0.25, 0.3) is 5.91 Å². The largest absolute Gasteiger partial charge is 0.457 e. The summed E-state index contributed by atoms with van der Waals surface area (Å²) in [4.78, 5) is 12.4. The Hall–Kier alpha value is -3.36. The molecule has 1 N–H and O–H groups in total. The van der Waals surface area contributed by atoms with E-state index in [1.807, 2.05) is 25.1 Å². The summed E-state index contributed by atoms with van der Waals surface area (Å²) in [6.07, 6.45) is 1.35. The van der Waals surface area contributed by atoms with Crippen LogP contribution in [0, 0.1) is 24.1 Å². The van der Waals surface area contributed by atoms with Crippen LogP contribution in [0.15, 0.2) is 64.6 Å². The van der Waals surface area contributed by atoms with Crippen LogP contribution in [0.1, 0.15) is 11.3 Å². The van der Waals surface area contributed by atoms with E-state index in [0.717, 1.165) is 5.56 Å². The summed E-state index contributed by atoms with van der Waals surface area (Å²) in [5.41, 5.74) is 2.00. The first kappa shape index (κ1) is 18.4. The number of aryl methyl sites for hydroxylation is 1. The molecule has 0 fully saturated rings. The van der Waals surface area contributed by atoms with Gasteiger partial charge >= 0.3 is 0 Å². The van der Waals surface area contributed by atoms with Crippen LogP contribution in [0.2, 0.25) is 5.02 Å². The molecule has 0 aliphatic heterocycles. The van der Waals surface area contributed by atoms with Gasteiger partial charge in [-0.05, 0) is 48.9 Å². The molecule has 4 nitrogen and oxygen atoms in total. The fraction of sp³-hybridized carbons (Fsp3) is 0.0476. The third-order valence-electron chi connectivity index (χ3n) is 3.88. The predicted molar refractivity (Wildman–Crippen MR) is 103 cm³/mol. The van der Waals surface area contributed by atoms with E-state index in [4.69, 9.17) is 16.0 Å². The van der Waals surface area contributed by atoms with Crippen molar-refractivity contribution in [3.8, 4) is 17.4 Å². The summed E-state index contributed by atoms with van der Waals surface area (Å²) in [5, 5.41) is 12.0. The lowest BCUT2D eigenvalue weighted by Gasteiger charge is -2.06. The quantitative estimate of drug-likeness (QED) is 0.473. The normalized spacial score (nSPS) is 11.1. The lowest BCUT2D eigenvalue weighted by atomic mass is 10.1. The molecule has 0 unspecified atom stereocenters. The molecule has 0 saturated carbocycles. The zero-order valence-electron chi connectivity index (χ0n) is 14.3. The summed E-state index contributed by atoms with van der Waals surface area (Å²) < 4.78 is 18.9. The van der Waals surface area contributed by atoms with Gasteiger partial charge in [0.2, 0.25) is 0 Å². The van der Waals surface area contributed by atoms with Gasteiger partial charge in [-0.1, -0.05) is 29.8 Å². The first-order valence-electron chi connectivity index (χ1n) is 8.02. The second-order valence-corrected chi connectivity index (χ2v) is 6.18. The van der Waals surface area contributed by atoms with Crippen LogP contribution in [0.3, 0.4) is 0 Å². The molecule has 0 aliphatic carbocycles. The molecule has 0 saturated heterocycles. The number of nitriles is 1. The summed E-state index contributed by atoms with van der Waals surface area (Å²) in [5.74, 6) is -0.289. The second kappa shape index (κ2) is 7.90. The van der Waals surface area contributed by atoms with Gasteiger partial charge in [-0.2, -0.15) is 5.26 Å². The molecule has 3 rings (SSSR count). The van der Waals surface area contributed by atoms with Gasteiger partial charge < -0.3 is 9.73 Å². The van der Waals surface area contributed by atoms with Gasteiger partial charge in [-0.3, -0.25) is 4.79 Å². The van der Waals surface area contributed by atoms with E-state index in [1.54, 1.807) is 24.3 Å². The van der Waals surface area contributed by atoms with Crippen molar-refractivity contribution in [2.45, 2.75) is 6.92 Å². The number of nitrogens with zero attached hydrogens (tertiary/aromatic N) is 1. The second-order valence-electron chi connectivity index (χ2n) is 5.77. The van der Waals surface area contributed by atoms with Crippen molar-refractivity contribution in [1.82, 2.24) is 0 Å². The highest BCUT2D eigenvalue weighted by Gasteiger charge is 2.13. The average molecular weight is 381 g/mol. The minimum atomic E-state index is -0.533. The minimum Gasteiger partial charge on any atom is -0.457 e. The Balaban J connectivity index is 1.83. The van der Waals surface area contributed by atoms with E-state index in [-0.39, 0.29) is 10.6 Å². The average Bonchev–Trinajstić information content (AvgIpc) is 3.12. The molecule has 0 spiro atoms. The summed E-state index contributed by atoms with van der Waals surface area (Å²) >= 11 is 5.78. The number of benzene rings is 2. The number of hydrogen-bond donors (Lipinski definition) is 1. The number of amides is 1. The third-order valence-corrected chi connectivity index (χ3v) is 4.17. The van der Waals surface area contributed by atoms with Gasteiger partial charge in [0.1, 0.15) is 29.0 Å². The van der Waals surface area contributed by atoms with Crippen LogP contribution in [-0.4, -0.2) is 5.91 Å². The first-order valence-corrected chi connectivity index (χ1v) is 8.40. The summed E-state index contributed by atoms with van der Waals surface area (Å²) in [6, 6.07) is 16.6. The van der Waals surface area contributed by atoms with Crippen LogP contribution in [-0.2, 0) is 4.79 Å². The molecule has 1 amide bonds. The van der Waals surface area contributed by atoms with Crippen molar-refractivity contribution in [2.75, 3.05) is 5.32 Å². The number of anilines is 1. The maximum Gasteiger partial charge on any atom is 0.266 e. The number of halogens is 2. The number of furan rings is 1. The van der Waals surface area contributed by atoms with E-state index in [9.17, 15) is 14.4 Å².